The summed E-state index contributed by atoms with van der Waals surface area (Å²) in [4.78, 5) is 10.4. The van der Waals surface area contributed by atoms with Crippen molar-refractivity contribution >= 4 is 45.2 Å². The zero-order valence-electron chi connectivity index (χ0n) is 27.7. The maximum atomic E-state index is 6.84. The summed E-state index contributed by atoms with van der Waals surface area (Å²) in [5.41, 5.74) is 10.3. The second-order valence-electron chi connectivity index (χ2n) is 13.6. The fourth-order valence-corrected chi connectivity index (χ4v) is 7.93. The number of amidine groups is 2. The molecule has 2 aliphatic heterocycles. The van der Waals surface area contributed by atoms with E-state index in [0.29, 0.717) is 0 Å². The fourth-order valence-electron chi connectivity index (χ4n) is 7.93. The lowest BCUT2D eigenvalue weighted by molar-refractivity contribution is 0.295. The lowest BCUT2D eigenvalue weighted by Gasteiger charge is -2.26. The molecule has 50 heavy (non-hydrogen) atoms. The molecule has 4 aromatic carbocycles. The number of hydrogen-bond acceptors (Lipinski definition) is 5. The second-order valence-corrected chi connectivity index (χ2v) is 13.6. The molecule has 3 aliphatic carbocycles. The third kappa shape index (κ3) is 4.94. The van der Waals surface area contributed by atoms with E-state index in [1.807, 2.05) is 6.07 Å². The van der Waals surface area contributed by atoms with Crippen LogP contribution in [0.5, 0.6) is 5.75 Å². The molecule has 6 nitrogen and oxygen atoms in total. The molecule has 3 atom stereocenters. The van der Waals surface area contributed by atoms with Gasteiger partial charge in [-0.15, -0.1) is 0 Å². The van der Waals surface area contributed by atoms with Crippen LogP contribution in [0, 0.1) is 5.92 Å². The van der Waals surface area contributed by atoms with Crippen molar-refractivity contribution in [1.29, 1.82) is 0 Å². The summed E-state index contributed by atoms with van der Waals surface area (Å²) in [5.74, 6) is 2.86. The van der Waals surface area contributed by atoms with Crippen LogP contribution in [0.3, 0.4) is 0 Å². The van der Waals surface area contributed by atoms with E-state index < -0.39 is 0 Å². The van der Waals surface area contributed by atoms with Crippen molar-refractivity contribution in [1.82, 2.24) is 9.88 Å². The van der Waals surface area contributed by atoms with Crippen LogP contribution in [-0.4, -0.2) is 22.5 Å². The summed E-state index contributed by atoms with van der Waals surface area (Å²) in [6.45, 7) is 0. The Hall–Kier alpha value is -5.88. The highest BCUT2D eigenvalue weighted by molar-refractivity contribution is 6.14. The molecule has 6 heteroatoms. The van der Waals surface area contributed by atoms with Gasteiger partial charge in [0, 0.05) is 39.1 Å². The summed E-state index contributed by atoms with van der Waals surface area (Å²) in [6.07, 6.45) is 24.5. The number of aliphatic imine (C=N–C) groups is 2. The van der Waals surface area contributed by atoms with Gasteiger partial charge in [-0.3, -0.25) is 0 Å². The van der Waals surface area contributed by atoms with Gasteiger partial charge in [-0.25, -0.2) is 9.98 Å². The lowest BCUT2D eigenvalue weighted by Crippen LogP contribution is -2.39. The predicted molar refractivity (Wildman–Crippen MR) is 205 cm³/mol. The Balaban J connectivity index is 1.14. The van der Waals surface area contributed by atoms with Crippen LogP contribution in [0.4, 0.5) is 5.69 Å². The van der Waals surface area contributed by atoms with Crippen molar-refractivity contribution in [2.24, 2.45) is 15.9 Å². The first-order chi connectivity index (χ1) is 24.8. The number of benzene rings is 4. The van der Waals surface area contributed by atoms with Crippen molar-refractivity contribution in [2.75, 3.05) is 5.32 Å². The van der Waals surface area contributed by atoms with E-state index >= 15 is 0 Å². The number of aryl methyl sites for hydroxylation is 1. The summed E-state index contributed by atoms with van der Waals surface area (Å²) in [6, 6.07) is 28.3. The zero-order valence-corrected chi connectivity index (χ0v) is 27.7. The maximum Gasteiger partial charge on any atom is 0.196 e. The SMILES string of the molecule is C1=CCC(C2=NC(c3cccc(-n4c5cc6c(cc5c5ccc7c(c54)OC(C4=CCCC=C4)N7)CCC=C6)c3)N=C(c3ccccc3)N2)C=C1. The van der Waals surface area contributed by atoms with Gasteiger partial charge < -0.3 is 19.9 Å². The average molecular weight is 652 g/mol. The summed E-state index contributed by atoms with van der Waals surface area (Å²) >= 11 is 0. The summed E-state index contributed by atoms with van der Waals surface area (Å²) in [7, 11) is 0. The van der Waals surface area contributed by atoms with E-state index in [4.69, 9.17) is 14.7 Å². The fraction of sp³-hybridized carbons (Fsp3) is 0.182. The van der Waals surface area contributed by atoms with Gasteiger partial charge in [-0.2, -0.15) is 0 Å². The van der Waals surface area contributed by atoms with Gasteiger partial charge in [0.2, 0.25) is 0 Å². The Morgan fingerprint density at radius 3 is 2.62 bits per heavy atom. The first kappa shape index (κ1) is 29.1. The molecular formula is C44H37N5O. The van der Waals surface area contributed by atoms with Crippen LogP contribution in [-0.2, 0) is 6.42 Å². The van der Waals surface area contributed by atoms with Gasteiger partial charge in [-0.1, -0.05) is 97.1 Å². The number of anilines is 1. The smallest absolute Gasteiger partial charge is 0.196 e. The van der Waals surface area contributed by atoms with E-state index in [2.05, 4.69) is 143 Å². The molecule has 0 radical (unpaired) electrons. The Morgan fingerprint density at radius 1 is 0.800 bits per heavy atom. The molecule has 1 aromatic heterocycles. The molecular weight excluding hydrogens is 615 g/mol. The monoisotopic (exact) mass is 651 g/mol. The Kier molecular flexibility index (Phi) is 6.93. The van der Waals surface area contributed by atoms with Gasteiger partial charge in [0.05, 0.1) is 16.7 Å². The Labute approximate surface area is 291 Å². The second kappa shape index (κ2) is 11.9. The minimum Gasteiger partial charge on any atom is -0.462 e. The number of aromatic nitrogens is 1. The molecule has 5 aliphatic rings. The van der Waals surface area contributed by atoms with E-state index in [1.54, 1.807) is 0 Å². The third-order valence-corrected chi connectivity index (χ3v) is 10.4. The minimum atomic E-state index is -0.387. The molecule has 0 spiro atoms. The normalized spacial score (nSPS) is 21.9. The first-order valence-corrected chi connectivity index (χ1v) is 17.8. The van der Waals surface area contributed by atoms with Crippen LogP contribution in [0.2, 0.25) is 0 Å². The number of ether oxygens (including phenoxy) is 1. The molecule has 0 bridgehead atoms. The van der Waals surface area contributed by atoms with Crippen LogP contribution in [0.15, 0.2) is 143 Å². The standard InChI is InChI=1S/C44H37N5O/c1-4-13-28(14-5-1)41-46-42(29-15-6-2-7-16-29)48-43(47-41)33-21-12-22-34(25-33)49-38-27-32-20-11-10-19-31(32)26-36(38)35-23-24-37-40(39(35)49)50-44(45-37)30-17-8-3-9-18-30/h1-2,4-8,11-15,17-18,20-27,29,43-45H,3,9-10,16,19H2,(H,46,47,48). The Bertz CT molecular complexity index is 2400. The number of hydrogen-bond donors (Lipinski definition) is 2. The highest BCUT2D eigenvalue weighted by Crippen LogP contribution is 2.46. The van der Waals surface area contributed by atoms with Crippen LogP contribution in [0.25, 0.3) is 33.6 Å². The average Bonchev–Trinajstić information content (AvgIpc) is 3.77. The minimum absolute atomic E-state index is 0.172. The number of allylic oxidation sites excluding steroid dienone is 6. The predicted octanol–water partition coefficient (Wildman–Crippen LogP) is 9.73. The van der Waals surface area contributed by atoms with Crippen LogP contribution in [0.1, 0.15) is 54.1 Å². The zero-order chi connectivity index (χ0) is 33.0. The molecule has 244 valence electrons. The molecule has 2 N–H and O–H groups in total. The van der Waals surface area contributed by atoms with Gasteiger partial charge in [-0.05, 0) is 79.6 Å². The van der Waals surface area contributed by atoms with E-state index in [-0.39, 0.29) is 18.3 Å². The van der Waals surface area contributed by atoms with Gasteiger partial charge in [0.1, 0.15) is 11.7 Å². The number of rotatable bonds is 5. The molecule has 5 aromatic rings. The van der Waals surface area contributed by atoms with Gasteiger partial charge >= 0.3 is 0 Å². The molecule has 3 unspecified atom stereocenters. The first-order valence-electron chi connectivity index (χ1n) is 17.8. The van der Waals surface area contributed by atoms with Crippen molar-refractivity contribution in [3.63, 3.8) is 0 Å². The van der Waals surface area contributed by atoms with Gasteiger partial charge in [0.15, 0.2) is 18.1 Å². The Morgan fingerprint density at radius 2 is 1.74 bits per heavy atom. The maximum absolute atomic E-state index is 6.84. The molecule has 0 saturated heterocycles. The van der Waals surface area contributed by atoms with Gasteiger partial charge in [0.25, 0.3) is 0 Å². The highest BCUT2D eigenvalue weighted by Gasteiger charge is 2.30. The molecule has 3 heterocycles. The van der Waals surface area contributed by atoms with E-state index in [0.717, 1.165) is 77.5 Å². The summed E-state index contributed by atoms with van der Waals surface area (Å²) < 4.78 is 9.23. The van der Waals surface area contributed by atoms with E-state index in [9.17, 15) is 0 Å². The van der Waals surface area contributed by atoms with E-state index in [1.165, 1.54) is 33.0 Å². The topological polar surface area (TPSA) is 62.9 Å². The third-order valence-electron chi connectivity index (χ3n) is 10.4. The van der Waals surface area contributed by atoms with Crippen LogP contribution >= 0.6 is 0 Å². The largest absolute Gasteiger partial charge is 0.462 e. The quantitative estimate of drug-likeness (QED) is 0.199. The van der Waals surface area contributed by atoms with Crippen molar-refractivity contribution in [3.05, 3.63) is 155 Å². The van der Waals surface area contributed by atoms with Crippen LogP contribution < -0.4 is 15.4 Å². The number of nitrogens with one attached hydrogen (secondary N) is 2. The van der Waals surface area contributed by atoms with Crippen molar-refractivity contribution < 1.29 is 4.74 Å². The molecule has 10 rings (SSSR count). The summed E-state index contributed by atoms with van der Waals surface area (Å²) in [5, 5.41) is 9.70. The lowest BCUT2D eigenvalue weighted by atomic mass is 9.95. The van der Waals surface area contributed by atoms with Crippen molar-refractivity contribution in [2.45, 2.75) is 44.5 Å². The number of nitrogens with zero attached hydrogens (tertiary/aromatic N) is 3. The molecule has 0 saturated carbocycles. The molecule has 0 fully saturated rings. The van der Waals surface area contributed by atoms with Crippen molar-refractivity contribution in [3.8, 4) is 11.4 Å². The molecule has 0 amide bonds. The highest BCUT2D eigenvalue weighted by atomic mass is 16.5. The number of fused-ring (bicyclic) bond motifs is 6.